The lowest BCUT2D eigenvalue weighted by Crippen LogP contribution is -2.47. The molecule has 0 radical (unpaired) electrons. The molecule has 1 nitrogen and oxygen atoms in total. The Labute approximate surface area is 120 Å². The summed E-state index contributed by atoms with van der Waals surface area (Å²) in [6.07, 6.45) is 0.854. The molecule has 2 rings (SSSR count). The molecule has 2 aromatic rings. The third-order valence-electron chi connectivity index (χ3n) is 4.10. The lowest BCUT2D eigenvalue weighted by molar-refractivity contribution is 0.139. The first kappa shape index (κ1) is 14.7. The van der Waals surface area contributed by atoms with Crippen LogP contribution >= 0.6 is 0 Å². The number of alkyl halides is 1. The normalized spacial score (nSPS) is 14.8. The summed E-state index contributed by atoms with van der Waals surface area (Å²) >= 11 is 0. The summed E-state index contributed by atoms with van der Waals surface area (Å²) in [6, 6.07) is 17.9. The highest BCUT2D eigenvalue weighted by molar-refractivity contribution is 5.38. The van der Waals surface area contributed by atoms with E-state index in [-0.39, 0.29) is 5.92 Å². The van der Waals surface area contributed by atoms with Gasteiger partial charge >= 0.3 is 0 Å². The molecule has 0 spiro atoms. The van der Waals surface area contributed by atoms with Crippen LogP contribution in [-0.4, -0.2) is 6.04 Å². The van der Waals surface area contributed by atoms with E-state index in [1.54, 1.807) is 0 Å². The molecule has 2 heteroatoms. The maximum absolute atomic E-state index is 16.0. The quantitative estimate of drug-likeness (QED) is 0.863. The summed E-state index contributed by atoms with van der Waals surface area (Å²) in [5.74, 6) is 0.0976. The van der Waals surface area contributed by atoms with Crippen molar-refractivity contribution >= 4 is 0 Å². The standard InChI is InChI=1S/C18H22FN/c1-3-14(2)17(20)18(19,15-10-6-4-7-11-15)16-12-8-5-9-13-16/h4-14,17H,3,20H2,1-2H3/t14-,17+/m1/s1. The second kappa shape index (κ2) is 6.19. The van der Waals surface area contributed by atoms with Crippen LogP contribution in [0.5, 0.6) is 0 Å². The second-order valence-electron chi connectivity index (χ2n) is 5.36. The highest BCUT2D eigenvalue weighted by Gasteiger charge is 2.42. The zero-order chi connectivity index (χ0) is 14.6. The van der Waals surface area contributed by atoms with Gasteiger partial charge in [-0.15, -0.1) is 0 Å². The maximum atomic E-state index is 16.0. The fourth-order valence-corrected chi connectivity index (χ4v) is 2.56. The molecular weight excluding hydrogens is 249 g/mol. The van der Waals surface area contributed by atoms with Crippen molar-refractivity contribution in [2.45, 2.75) is 32.0 Å². The lowest BCUT2D eigenvalue weighted by atomic mass is 9.77. The number of nitrogens with two attached hydrogens (primary N) is 1. The first-order chi connectivity index (χ1) is 9.60. The van der Waals surface area contributed by atoms with Gasteiger partial charge in [-0.2, -0.15) is 0 Å². The Morgan fingerprint density at radius 1 is 0.950 bits per heavy atom. The molecule has 0 saturated carbocycles. The maximum Gasteiger partial charge on any atom is 0.176 e. The van der Waals surface area contributed by atoms with Gasteiger partial charge in [0.2, 0.25) is 0 Å². The first-order valence-corrected chi connectivity index (χ1v) is 7.16. The van der Waals surface area contributed by atoms with Crippen molar-refractivity contribution in [2.75, 3.05) is 0 Å². The highest BCUT2D eigenvalue weighted by atomic mass is 19.1. The van der Waals surface area contributed by atoms with E-state index in [0.717, 1.165) is 6.42 Å². The van der Waals surface area contributed by atoms with E-state index in [4.69, 9.17) is 5.73 Å². The van der Waals surface area contributed by atoms with Gasteiger partial charge in [0.25, 0.3) is 0 Å². The molecular formula is C18H22FN. The highest BCUT2D eigenvalue weighted by Crippen LogP contribution is 2.39. The largest absolute Gasteiger partial charge is 0.324 e. The molecule has 0 aliphatic carbocycles. The van der Waals surface area contributed by atoms with Crippen LogP contribution in [-0.2, 0) is 5.67 Å². The predicted molar refractivity (Wildman–Crippen MR) is 82.2 cm³/mol. The van der Waals surface area contributed by atoms with Crippen LogP contribution in [0.2, 0.25) is 0 Å². The van der Waals surface area contributed by atoms with Crippen LogP contribution in [0, 0.1) is 5.92 Å². The molecule has 0 aliphatic rings. The molecule has 0 heterocycles. The predicted octanol–water partition coefficient (Wildman–Crippen LogP) is 4.27. The average molecular weight is 271 g/mol. The van der Waals surface area contributed by atoms with Gasteiger partial charge in [0, 0.05) is 6.04 Å². The third kappa shape index (κ3) is 2.61. The minimum atomic E-state index is -1.65. The van der Waals surface area contributed by atoms with E-state index in [1.165, 1.54) is 0 Å². The smallest absolute Gasteiger partial charge is 0.176 e. The van der Waals surface area contributed by atoms with Gasteiger partial charge in [0.05, 0.1) is 0 Å². The Kier molecular flexibility index (Phi) is 4.56. The monoisotopic (exact) mass is 271 g/mol. The van der Waals surface area contributed by atoms with Gasteiger partial charge in [0.1, 0.15) is 0 Å². The molecule has 0 saturated heterocycles. The first-order valence-electron chi connectivity index (χ1n) is 7.16. The van der Waals surface area contributed by atoms with Crippen LogP contribution in [0.3, 0.4) is 0 Å². The minimum absolute atomic E-state index is 0.0976. The van der Waals surface area contributed by atoms with E-state index in [2.05, 4.69) is 0 Å². The van der Waals surface area contributed by atoms with Crippen molar-refractivity contribution in [3.63, 3.8) is 0 Å². The SMILES string of the molecule is CC[C@@H](C)[C@H](N)C(F)(c1ccccc1)c1ccccc1. The van der Waals surface area contributed by atoms with Crippen molar-refractivity contribution in [1.29, 1.82) is 0 Å². The molecule has 0 amide bonds. The van der Waals surface area contributed by atoms with E-state index in [1.807, 2.05) is 74.5 Å². The Balaban J connectivity index is 2.55. The number of halogens is 1. The molecule has 0 aliphatic heterocycles. The molecule has 0 fully saturated rings. The van der Waals surface area contributed by atoms with E-state index < -0.39 is 11.7 Å². The molecule has 2 aromatic carbocycles. The summed E-state index contributed by atoms with van der Waals surface area (Å²) in [5.41, 5.74) is 5.89. The topological polar surface area (TPSA) is 26.0 Å². The van der Waals surface area contributed by atoms with Crippen molar-refractivity contribution < 1.29 is 4.39 Å². The van der Waals surface area contributed by atoms with E-state index in [0.29, 0.717) is 11.1 Å². The summed E-state index contributed by atoms with van der Waals surface area (Å²) in [5, 5.41) is 0. The number of benzene rings is 2. The molecule has 2 atom stereocenters. The van der Waals surface area contributed by atoms with Crippen molar-refractivity contribution in [2.24, 2.45) is 11.7 Å². The third-order valence-corrected chi connectivity index (χ3v) is 4.10. The number of hydrogen-bond donors (Lipinski definition) is 1. The Morgan fingerprint density at radius 3 is 1.70 bits per heavy atom. The molecule has 0 bridgehead atoms. The van der Waals surface area contributed by atoms with Gasteiger partial charge < -0.3 is 5.73 Å². The van der Waals surface area contributed by atoms with Crippen molar-refractivity contribution in [3.05, 3.63) is 71.8 Å². The van der Waals surface area contributed by atoms with Gasteiger partial charge in [-0.25, -0.2) is 4.39 Å². The Morgan fingerprint density at radius 2 is 1.35 bits per heavy atom. The molecule has 20 heavy (non-hydrogen) atoms. The molecule has 0 aromatic heterocycles. The van der Waals surface area contributed by atoms with Crippen LogP contribution in [0.4, 0.5) is 4.39 Å². The van der Waals surface area contributed by atoms with Gasteiger partial charge in [-0.05, 0) is 17.0 Å². The summed E-state index contributed by atoms with van der Waals surface area (Å²) in [7, 11) is 0. The minimum Gasteiger partial charge on any atom is -0.324 e. The molecule has 2 N–H and O–H groups in total. The van der Waals surface area contributed by atoms with Crippen molar-refractivity contribution in [1.82, 2.24) is 0 Å². The average Bonchev–Trinajstić information content (AvgIpc) is 2.54. The van der Waals surface area contributed by atoms with Crippen LogP contribution in [0.1, 0.15) is 31.4 Å². The van der Waals surface area contributed by atoms with E-state index in [9.17, 15) is 0 Å². The zero-order valence-corrected chi connectivity index (χ0v) is 12.1. The zero-order valence-electron chi connectivity index (χ0n) is 12.1. The van der Waals surface area contributed by atoms with Crippen LogP contribution in [0.25, 0.3) is 0 Å². The number of hydrogen-bond acceptors (Lipinski definition) is 1. The Hall–Kier alpha value is -1.67. The molecule has 0 unspecified atom stereocenters. The van der Waals surface area contributed by atoms with Gasteiger partial charge in [-0.3, -0.25) is 0 Å². The summed E-state index contributed by atoms with van der Waals surface area (Å²) < 4.78 is 16.0. The fraction of sp³-hybridized carbons (Fsp3) is 0.333. The summed E-state index contributed by atoms with van der Waals surface area (Å²) in [6.45, 7) is 4.05. The van der Waals surface area contributed by atoms with Crippen LogP contribution in [0.15, 0.2) is 60.7 Å². The molecule has 106 valence electrons. The summed E-state index contributed by atoms with van der Waals surface area (Å²) in [4.78, 5) is 0. The van der Waals surface area contributed by atoms with Crippen molar-refractivity contribution in [3.8, 4) is 0 Å². The van der Waals surface area contributed by atoms with Crippen LogP contribution < -0.4 is 5.73 Å². The fourth-order valence-electron chi connectivity index (χ4n) is 2.56. The van der Waals surface area contributed by atoms with E-state index >= 15 is 4.39 Å². The second-order valence-corrected chi connectivity index (χ2v) is 5.36. The van der Waals surface area contributed by atoms with Gasteiger partial charge in [0.15, 0.2) is 5.67 Å². The Bertz CT molecular complexity index is 484. The lowest BCUT2D eigenvalue weighted by Gasteiger charge is -2.35. The van der Waals surface area contributed by atoms with Gasteiger partial charge in [-0.1, -0.05) is 80.9 Å². The number of rotatable bonds is 5.